The molecule has 2 nitrogen and oxygen atoms in total. The molecule has 0 radical (unpaired) electrons. The van der Waals surface area contributed by atoms with Gasteiger partial charge in [0.1, 0.15) is 5.82 Å². The number of allylic oxidation sites excluding steroid dienone is 1. The van der Waals surface area contributed by atoms with Crippen molar-refractivity contribution in [3.8, 4) is 0 Å². The second-order valence-corrected chi connectivity index (χ2v) is 4.67. The highest BCUT2D eigenvalue weighted by Gasteiger charge is 2.34. The number of benzene rings is 1. The van der Waals surface area contributed by atoms with Gasteiger partial charge in [0.05, 0.1) is 12.0 Å². The van der Waals surface area contributed by atoms with E-state index in [2.05, 4.69) is 0 Å². The molecule has 1 aromatic rings. The molecule has 0 unspecified atom stereocenters. The summed E-state index contributed by atoms with van der Waals surface area (Å²) in [4.78, 5) is 12.3. The van der Waals surface area contributed by atoms with Gasteiger partial charge in [0.2, 0.25) is 5.78 Å². The van der Waals surface area contributed by atoms with E-state index in [-0.39, 0.29) is 11.6 Å². The summed E-state index contributed by atoms with van der Waals surface area (Å²) >= 11 is 0. The van der Waals surface area contributed by atoms with Crippen molar-refractivity contribution in [2.45, 2.75) is 25.7 Å². The third kappa shape index (κ3) is 2.23. The molecular formula is C14H15FO2. The van der Waals surface area contributed by atoms with Crippen LogP contribution in [0.4, 0.5) is 4.39 Å². The van der Waals surface area contributed by atoms with Crippen molar-refractivity contribution < 1.29 is 13.9 Å². The number of ketones is 1. The molecule has 1 heterocycles. The normalized spacial score (nSPS) is 15.4. The van der Waals surface area contributed by atoms with E-state index in [9.17, 15) is 9.18 Å². The molecule has 1 aliphatic heterocycles. The van der Waals surface area contributed by atoms with Gasteiger partial charge in [0.25, 0.3) is 0 Å². The number of rotatable bonds is 3. The number of ether oxygens (including phenoxy) is 1. The van der Waals surface area contributed by atoms with E-state index in [0.29, 0.717) is 12.4 Å². The summed E-state index contributed by atoms with van der Waals surface area (Å²) in [6, 6.07) is 6.02. The van der Waals surface area contributed by atoms with Crippen molar-refractivity contribution in [2.75, 3.05) is 6.61 Å². The first-order valence-corrected chi connectivity index (χ1v) is 5.65. The van der Waals surface area contributed by atoms with Crippen LogP contribution in [0.2, 0.25) is 0 Å². The fourth-order valence-electron chi connectivity index (χ4n) is 1.88. The smallest absolute Gasteiger partial charge is 0.206 e. The predicted molar refractivity (Wildman–Crippen MR) is 63.1 cm³/mol. The van der Waals surface area contributed by atoms with E-state index in [1.54, 1.807) is 12.1 Å². The molecule has 0 fully saturated rings. The van der Waals surface area contributed by atoms with Crippen molar-refractivity contribution in [1.82, 2.24) is 0 Å². The number of hydrogen-bond donors (Lipinski definition) is 0. The Labute approximate surface area is 100 Å². The van der Waals surface area contributed by atoms with Crippen LogP contribution >= 0.6 is 0 Å². The minimum Gasteiger partial charge on any atom is -0.490 e. The Hall–Kier alpha value is -1.64. The zero-order valence-corrected chi connectivity index (χ0v) is 10.00. The lowest BCUT2D eigenvalue weighted by Crippen LogP contribution is -2.30. The number of carbonyl (C=O) groups is 1. The van der Waals surface area contributed by atoms with Gasteiger partial charge in [-0.2, -0.15) is 0 Å². The van der Waals surface area contributed by atoms with Crippen LogP contribution in [0.25, 0.3) is 0 Å². The van der Waals surface area contributed by atoms with Gasteiger partial charge >= 0.3 is 0 Å². The van der Waals surface area contributed by atoms with Crippen LogP contribution in [-0.2, 0) is 14.9 Å². The molecule has 0 aromatic heterocycles. The van der Waals surface area contributed by atoms with Crippen LogP contribution in [0.1, 0.15) is 25.8 Å². The third-order valence-electron chi connectivity index (χ3n) is 3.06. The molecule has 90 valence electrons. The second-order valence-electron chi connectivity index (χ2n) is 4.67. The van der Waals surface area contributed by atoms with Gasteiger partial charge < -0.3 is 4.74 Å². The number of halogens is 1. The Balaban J connectivity index is 2.28. The molecule has 0 N–H and O–H groups in total. The van der Waals surface area contributed by atoms with E-state index in [4.69, 9.17) is 4.74 Å². The molecule has 1 aromatic carbocycles. The average molecular weight is 234 g/mol. The molecule has 0 saturated carbocycles. The molecule has 0 atom stereocenters. The first-order chi connectivity index (χ1) is 8.01. The van der Waals surface area contributed by atoms with Crippen molar-refractivity contribution >= 4 is 5.78 Å². The largest absolute Gasteiger partial charge is 0.490 e. The van der Waals surface area contributed by atoms with Crippen molar-refractivity contribution in [3.05, 3.63) is 47.5 Å². The molecule has 2 rings (SSSR count). The molecule has 1 aliphatic rings. The average Bonchev–Trinajstić information content (AvgIpc) is 2.82. The van der Waals surface area contributed by atoms with Crippen molar-refractivity contribution in [1.29, 1.82) is 0 Å². The fraction of sp³-hybridized carbons (Fsp3) is 0.357. The summed E-state index contributed by atoms with van der Waals surface area (Å²) in [6.45, 7) is 4.22. The Morgan fingerprint density at radius 3 is 2.47 bits per heavy atom. The summed E-state index contributed by atoms with van der Waals surface area (Å²) in [7, 11) is 0. The van der Waals surface area contributed by atoms with Crippen LogP contribution in [0.3, 0.4) is 0 Å². The first kappa shape index (κ1) is 11.8. The summed E-state index contributed by atoms with van der Waals surface area (Å²) in [6.07, 6.45) is 2.59. The van der Waals surface area contributed by atoms with Gasteiger partial charge in [-0.1, -0.05) is 12.1 Å². The van der Waals surface area contributed by atoms with E-state index in [0.717, 1.165) is 12.0 Å². The molecule has 0 amide bonds. The maximum absolute atomic E-state index is 12.9. The van der Waals surface area contributed by atoms with Crippen LogP contribution in [-0.4, -0.2) is 12.4 Å². The highest BCUT2D eigenvalue weighted by molar-refractivity contribution is 6.01. The van der Waals surface area contributed by atoms with Gasteiger partial charge in [-0.3, -0.25) is 4.79 Å². The van der Waals surface area contributed by atoms with Crippen LogP contribution < -0.4 is 0 Å². The Morgan fingerprint density at radius 1 is 1.29 bits per heavy atom. The number of Topliss-reactive ketones (excluding diaryl/α,β-unsaturated/α-hetero) is 1. The highest BCUT2D eigenvalue weighted by atomic mass is 19.1. The monoisotopic (exact) mass is 234 g/mol. The zero-order valence-electron chi connectivity index (χ0n) is 10.00. The van der Waals surface area contributed by atoms with Gasteiger partial charge in [-0.15, -0.1) is 0 Å². The Kier molecular flexibility index (Phi) is 3.01. The summed E-state index contributed by atoms with van der Waals surface area (Å²) in [5.74, 6) is 0.0780. The molecule has 17 heavy (non-hydrogen) atoms. The van der Waals surface area contributed by atoms with Crippen LogP contribution in [0, 0.1) is 5.82 Å². The quantitative estimate of drug-likeness (QED) is 0.803. The van der Waals surface area contributed by atoms with Crippen LogP contribution in [0.15, 0.2) is 36.1 Å². The molecule has 3 heteroatoms. The van der Waals surface area contributed by atoms with Crippen LogP contribution in [0.5, 0.6) is 0 Å². The van der Waals surface area contributed by atoms with Gasteiger partial charge in [0.15, 0.2) is 5.76 Å². The molecule has 0 bridgehead atoms. The lowest BCUT2D eigenvalue weighted by Gasteiger charge is -2.23. The second kappa shape index (κ2) is 4.32. The van der Waals surface area contributed by atoms with E-state index < -0.39 is 5.41 Å². The first-order valence-electron chi connectivity index (χ1n) is 5.65. The minimum absolute atomic E-state index is 0.0541. The lowest BCUT2D eigenvalue weighted by molar-refractivity contribution is -0.122. The highest BCUT2D eigenvalue weighted by Crippen LogP contribution is 2.29. The molecule has 0 saturated heterocycles. The number of carbonyl (C=O) groups excluding carboxylic acids is 1. The van der Waals surface area contributed by atoms with E-state index in [1.165, 1.54) is 12.1 Å². The lowest BCUT2D eigenvalue weighted by atomic mass is 9.80. The van der Waals surface area contributed by atoms with E-state index in [1.807, 2.05) is 19.9 Å². The fourth-order valence-corrected chi connectivity index (χ4v) is 1.88. The topological polar surface area (TPSA) is 26.3 Å². The SMILES string of the molecule is CC(C)(C(=O)C1=CCCO1)c1ccc(F)cc1. The standard InChI is InChI=1S/C14H15FO2/c1-14(2,10-5-7-11(15)8-6-10)13(16)12-4-3-9-17-12/h4-8H,3,9H2,1-2H3. The Bertz CT molecular complexity index is 458. The Morgan fingerprint density at radius 2 is 1.94 bits per heavy atom. The maximum atomic E-state index is 12.9. The maximum Gasteiger partial charge on any atom is 0.206 e. The van der Waals surface area contributed by atoms with Crippen molar-refractivity contribution in [3.63, 3.8) is 0 Å². The molecular weight excluding hydrogens is 219 g/mol. The summed E-state index contributed by atoms with van der Waals surface area (Å²) < 4.78 is 18.1. The van der Waals surface area contributed by atoms with Gasteiger partial charge in [-0.05, 0) is 37.6 Å². The predicted octanol–water partition coefficient (Wildman–Crippen LogP) is 2.98. The molecule has 0 aliphatic carbocycles. The summed E-state index contributed by atoms with van der Waals surface area (Å²) in [5.41, 5.74) is 0.101. The molecule has 0 spiro atoms. The minimum atomic E-state index is -0.691. The zero-order chi connectivity index (χ0) is 12.5. The third-order valence-corrected chi connectivity index (χ3v) is 3.06. The van der Waals surface area contributed by atoms with Crippen molar-refractivity contribution in [2.24, 2.45) is 0 Å². The summed E-state index contributed by atoms with van der Waals surface area (Å²) in [5, 5.41) is 0. The van der Waals surface area contributed by atoms with E-state index >= 15 is 0 Å². The number of hydrogen-bond acceptors (Lipinski definition) is 2. The van der Waals surface area contributed by atoms with Gasteiger partial charge in [0, 0.05) is 6.42 Å². The van der Waals surface area contributed by atoms with Gasteiger partial charge in [-0.25, -0.2) is 4.39 Å².